The van der Waals surface area contributed by atoms with E-state index in [0.29, 0.717) is 5.29 Å². The topological polar surface area (TPSA) is 26.3 Å². The van der Waals surface area contributed by atoms with Gasteiger partial charge in [0.1, 0.15) is 6.61 Å². The third kappa shape index (κ3) is 4.23. The highest BCUT2D eigenvalue weighted by Crippen LogP contribution is 2.46. The smallest absolute Gasteiger partial charge is 0.339 e. The number of carbonyl (C=O) groups excluding carboxylic acids is 1. The van der Waals surface area contributed by atoms with Gasteiger partial charge in [0.05, 0.1) is 5.29 Å². The summed E-state index contributed by atoms with van der Waals surface area (Å²) in [7, 11) is 0. The average Bonchev–Trinajstić information content (AvgIpc) is 2.88. The molecule has 0 saturated carbocycles. The Morgan fingerprint density at radius 2 is 1.03 bits per heavy atom. The fourth-order valence-electron chi connectivity index (χ4n) is 3.97. The van der Waals surface area contributed by atoms with Crippen molar-refractivity contribution in [3.63, 3.8) is 0 Å². The molecule has 0 aliphatic heterocycles. The summed E-state index contributed by atoms with van der Waals surface area (Å²) < 4.78 is 5.83. The van der Waals surface area contributed by atoms with E-state index in [9.17, 15) is 4.79 Å². The zero-order valence-electron chi connectivity index (χ0n) is 17.8. The lowest BCUT2D eigenvalue weighted by Crippen LogP contribution is -2.33. The van der Waals surface area contributed by atoms with Crippen LogP contribution in [0.2, 0.25) is 0 Å². The van der Waals surface area contributed by atoms with Crippen LogP contribution in [0.15, 0.2) is 134 Å². The molecule has 0 aliphatic rings. The van der Waals surface area contributed by atoms with Gasteiger partial charge < -0.3 is 4.74 Å². The maximum Gasteiger partial charge on any atom is 0.339 e. The van der Waals surface area contributed by atoms with Crippen LogP contribution >= 0.6 is 6.89 Å². The van der Waals surface area contributed by atoms with Crippen LogP contribution in [0, 0.1) is 0 Å². The lowest BCUT2D eigenvalue weighted by Gasteiger charge is -2.31. The number of hydrogen-bond donors (Lipinski definition) is 0. The van der Waals surface area contributed by atoms with E-state index >= 15 is 0 Å². The zero-order valence-corrected chi connectivity index (χ0v) is 18.7. The molecule has 0 aromatic heterocycles. The van der Waals surface area contributed by atoms with Crippen molar-refractivity contribution < 1.29 is 9.53 Å². The van der Waals surface area contributed by atoms with Gasteiger partial charge in [-0.25, -0.2) is 4.79 Å². The molecule has 3 heteroatoms. The molecule has 0 radical (unpaired) electrons. The standard InChI is InChI=1S/C29H25O2P/c1-2-28(29(30)31-23-24-15-7-3-8-16-24)32(25-17-9-4-10-18-25,26-19-11-5-12-20-26)27-21-13-6-14-22-27/h2-22H,1,23H2. The van der Waals surface area contributed by atoms with E-state index in [4.69, 9.17) is 4.74 Å². The summed E-state index contributed by atoms with van der Waals surface area (Å²) in [5, 5.41) is 3.86. The van der Waals surface area contributed by atoms with Gasteiger partial charge >= 0.3 is 5.97 Å². The number of esters is 1. The molecule has 0 aliphatic carbocycles. The molecular formula is C29H25O2P. The lowest BCUT2D eigenvalue weighted by atomic mass is 10.2. The molecule has 0 unspecified atom stereocenters. The van der Waals surface area contributed by atoms with Crippen molar-refractivity contribution in [1.82, 2.24) is 0 Å². The van der Waals surface area contributed by atoms with Crippen LogP contribution in [0.5, 0.6) is 0 Å². The first-order valence-corrected chi connectivity index (χ1v) is 12.3. The second kappa shape index (κ2) is 10.1. The molecule has 0 spiro atoms. The van der Waals surface area contributed by atoms with Crippen molar-refractivity contribution in [1.29, 1.82) is 0 Å². The Morgan fingerprint density at radius 3 is 1.41 bits per heavy atom. The van der Waals surface area contributed by atoms with Crippen LogP contribution in [0.4, 0.5) is 0 Å². The molecule has 0 saturated heterocycles. The number of rotatable bonds is 7. The zero-order chi connectivity index (χ0) is 22.2. The first-order chi connectivity index (χ1) is 15.8. The molecule has 0 fully saturated rings. The Labute approximate surface area is 189 Å². The molecule has 4 aromatic carbocycles. The second-order valence-corrected chi connectivity index (χ2v) is 10.7. The van der Waals surface area contributed by atoms with E-state index in [1.807, 2.05) is 84.9 Å². The summed E-state index contributed by atoms with van der Waals surface area (Å²) in [4.78, 5) is 13.6. The van der Waals surface area contributed by atoms with Gasteiger partial charge in [-0.3, -0.25) is 0 Å². The third-order valence-corrected chi connectivity index (χ3v) is 9.71. The van der Waals surface area contributed by atoms with Gasteiger partial charge in [-0.2, -0.15) is 0 Å². The van der Waals surface area contributed by atoms with E-state index in [-0.39, 0.29) is 12.6 Å². The first kappa shape index (κ1) is 21.6. The molecule has 2 nitrogen and oxygen atoms in total. The predicted octanol–water partition coefficient (Wildman–Crippen LogP) is 5.08. The molecule has 0 amide bonds. The first-order valence-electron chi connectivity index (χ1n) is 10.5. The highest BCUT2D eigenvalue weighted by molar-refractivity contribution is 7.96. The Morgan fingerprint density at radius 1 is 0.656 bits per heavy atom. The molecule has 0 N–H and O–H groups in total. The van der Waals surface area contributed by atoms with Crippen LogP contribution in [-0.2, 0) is 16.1 Å². The van der Waals surface area contributed by atoms with E-state index in [2.05, 4.69) is 43.0 Å². The van der Waals surface area contributed by atoms with Gasteiger partial charge in [-0.1, -0.05) is 134 Å². The van der Waals surface area contributed by atoms with Gasteiger partial charge in [-0.15, -0.1) is 0 Å². The minimum atomic E-state index is -2.52. The summed E-state index contributed by atoms with van der Waals surface area (Å²) in [6, 6.07) is 40.4. The minimum absolute atomic E-state index is 0.218. The van der Waals surface area contributed by atoms with Crippen molar-refractivity contribution >= 4 is 34.1 Å². The van der Waals surface area contributed by atoms with Crippen LogP contribution in [0.25, 0.3) is 0 Å². The predicted molar refractivity (Wildman–Crippen MR) is 137 cm³/mol. The van der Waals surface area contributed by atoms with Crippen LogP contribution in [0.3, 0.4) is 0 Å². The maximum absolute atomic E-state index is 13.6. The van der Waals surface area contributed by atoms with E-state index in [0.717, 1.165) is 21.5 Å². The maximum atomic E-state index is 13.6. The van der Waals surface area contributed by atoms with Gasteiger partial charge in [-0.05, 0) is 28.4 Å². The van der Waals surface area contributed by atoms with Gasteiger partial charge in [0.15, 0.2) is 0 Å². The van der Waals surface area contributed by atoms with E-state index in [1.165, 1.54) is 0 Å². The number of benzene rings is 4. The third-order valence-electron chi connectivity index (χ3n) is 5.41. The van der Waals surface area contributed by atoms with Crippen molar-refractivity contribution in [2.75, 3.05) is 0 Å². The molecule has 4 aromatic rings. The second-order valence-electron chi connectivity index (χ2n) is 7.33. The normalized spacial score (nSPS) is 10.9. The van der Waals surface area contributed by atoms with Gasteiger partial charge in [0.2, 0.25) is 0 Å². The molecule has 32 heavy (non-hydrogen) atoms. The Kier molecular flexibility index (Phi) is 6.84. The Hall–Kier alpha value is -3.61. The van der Waals surface area contributed by atoms with Crippen molar-refractivity contribution in [2.45, 2.75) is 6.61 Å². The fourth-order valence-corrected chi connectivity index (χ4v) is 8.17. The SMILES string of the molecule is C=CC(C(=O)OCc1ccccc1)=P(c1ccccc1)(c1ccccc1)c1ccccc1. The van der Waals surface area contributed by atoms with Crippen molar-refractivity contribution in [3.05, 3.63) is 140 Å². The molecule has 4 rings (SSSR count). The molecular weight excluding hydrogens is 411 g/mol. The molecule has 0 bridgehead atoms. The highest BCUT2D eigenvalue weighted by Gasteiger charge is 2.32. The molecule has 158 valence electrons. The Bertz CT molecular complexity index is 1130. The van der Waals surface area contributed by atoms with Gasteiger partial charge in [0.25, 0.3) is 0 Å². The molecule has 0 atom stereocenters. The van der Waals surface area contributed by atoms with Crippen molar-refractivity contribution in [3.8, 4) is 0 Å². The monoisotopic (exact) mass is 436 g/mol. The summed E-state index contributed by atoms with van der Waals surface area (Å²) >= 11 is 0. The van der Waals surface area contributed by atoms with Crippen LogP contribution in [-0.4, -0.2) is 11.3 Å². The summed E-state index contributed by atoms with van der Waals surface area (Å²) in [5.74, 6) is -0.339. The number of hydrogen-bond acceptors (Lipinski definition) is 2. The number of ether oxygens (including phenoxy) is 1. The van der Waals surface area contributed by atoms with E-state index in [1.54, 1.807) is 6.08 Å². The lowest BCUT2D eigenvalue weighted by molar-refractivity contribution is -0.136. The van der Waals surface area contributed by atoms with Gasteiger partial charge in [0, 0.05) is 0 Å². The highest BCUT2D eigenvalue weighted by atomic mass is 31.2. The minimum Gasteiger partial charge on any atom is -0.457 e. The van der Waals surface area contributed by atoms with E-state index < -0.39 is 6.89 Å². The van der Waals surface area contributed by atoms with Crippen LogP contribution in [0.1, 0.15) is 5.56 Å². The summed E-state index contributed by atoms with van der Waals surface area (Å²) in [6.45, 7) is 1.77. The summed E-state index contributed by atoms with van der Waals surface area (Å²) in [5.41, 5.74) is 0.951. The summed E-state index contributed by atoms with van der Waals surface area (Å²) in [6.07, 6.45) is 1.69. The largest absolute Gasteiger partial charge is 0.457 e. The average molecular weight is 436 g/mol. The number of carbonyl (C=O) groups is 1. The quantitative estimate of drug-likeness (QED) is 0.298. The Balaban J connectivity index is 1.99. The van der Waals surface area contributed by atoms with Crippen LogP contribution < -0.4 is 15.9 Å². The fraction of sp³-hybridized carbons (Fsp3) is 0.0345. The van der Waals surface area contributed by atoms with Crippen molar-refractivity contribution in [2.24, 2.45) is 0 Å². The molecule has 0 heterocycles.